The molecule has 0 radical (unpaired) electrons. The fourth-order valence-corrected chi connectivity index (χ4v) is 7.48. The van der Waals surface area contributed by atoms with Gasteiger partial charge in [-0.05, 0) is 68.6 Å². The number of nitrogens with one attached hydrogen (secondary N) is 1. The number of hydrogen-bond acceptors (Lipinski definition) is 7. The van der Waals surface area contributed by atoms with Crippen LogP contribution in [-0.2, 0) is 0 Å². The predicted molar refractivity (Wildman–Crippen MR) is 192 cm³/mol. The van der Waals surface area contributed by atoms with Gasteiger partial charge in [-0.25, -0.2) is 28.1 Å². The molecule has 1 amide bonds. The molecule has 6 aromatic rings. The first-order valence-corrected chi connectivity index (χ1v) is 17.6. The summed E-state index contributed by atoms with van der Waals surface area (Å²) < 4.78 is 41.2. The van der Waals surface area contributed by atoms with E-state index in [4.69, 9.17) is 4.74 Å². The molecular formula is C39H37F2N7O4. The average molecular weight is 706 g/mol. The zero-order chi connectivity index (χ0) is 35.8. The first kappa shape index (κ1) is 33.5. The molecule has 52 heavy (non-hydrogen) atoms. The molecule has 3 atom stereocenters. The number of rotatable bonds is 9. The molecule has 5 heterocycles. The Kier molecular flexibility index (Phi) is 9.10. The van der Waals surface area contributed by atoms with E-state index in [9.17, 15) is 18.8 Å². The van der Waals surface area contributed by atoms with E-state index in [0.717, 1.165) is 53.9 Å². The number of likely N-dealkylation sites (tertiary alicyclic amines) is 1. The molecule has 11 nitrogen and oxygen atoms in total. The zero-order valence-corrected chi connectivity index (χ0v) is 28.3. The van der Waals surface area contributed by atoms with Gasteiger partial charge in [0, 0.05) is 37.0 Å². The van der Waals surface area contributed by atoms with Gasteiger partial charge in [-0.3, -0.25) is 19.1 Å². The Bertz CT molecular complexity index is 2350. The summed E-state index contributed by atoms with van der Waals surface area (Å²) in [6.45, 7) is 3.02. The third kappa shape index (κ3) is 6.36. The van der Waals surface area contributed by atoms with Crippen molar-refractivity contribution >= 4 is 22.6 Å². The van der Waals surface area contributed by atoms with Gasteiger partial charge in [0.25, 0.3) is 11.5 Å². The van der Waals surface area contributed by atoms with Gasteiger partial charge in [0.15, 0.2) is 11.4 Å². The first-order valence-electron chi connectivity index (χ1n) is 17.6. The van der Waals surface area contributed by atoms with E-state index in [-0.39, 0.29) is 36.0 Å². The maximum atomic E-state index is 15.9. The normalized spacial score (nSPS) is 19.3. The van der Waals surface area contributed by atoms with Crippen LogP contribution in [0.2, 0.25) is 0 Å². The highest BCUT2D eigenvalue weighted by atomic mass is 19.1. The van der Waals surface area contributed by atoms with Gasteiger partial charge in [0.1, 0.15) is 29.9 Å². The van der Waals surface area contributed by atoms with E-state index < -0.39 is 41.2 Å². The Hall–Kier alpha value is -5.69. The van der Waals surface area contributed by atoms with Crippen molar-refractivity contribution in [3.05, 3.63) is 124 Å². The van der Waals surface area contributed by atoms with Crippen LogP contribution < -0.4 is 21.3 Å². The van der Waals surface area contributed by atoms with Crippen LogP contribution in [0.15, 0.2) is 101 Å². The third-order valence-electron chi connectivity index (χ3n) is 10.1. The van der Waals surface area contributed by atoms with Gasteiger partial charge in [0.2, 0.25) is 0 Å². The number of carbonyl (C=O) groups is 1. The second-order valence-corrected chi connectivity index (χ2v) is 13.4. The van der Waals surface area contributed by atoms with Crippen molar-refractivity contribution < 1.29 is 18.3 Å². The molecule has 2 fully saturated rings. The molecule has 0 spiro atoms. The number of aromatic nitrogens is 5. The molecule has 1 aliphatic heterocycles. The van der Waals surface area contributed by atoms with Gasteiger partial charge in [0.05, 0.1) is 23.3 Å². The summed E-state index contributed by atoms with van der Waals surface area (Å²) >= 11 is 0. The van der Waals surface area contributed by atoms with E-state index in [2.05, 4.69) is 20.2 Å². The summed E-state index contributed by atoms with van der Waals surface area (Å²) in [5.41, 5.74) is 1.11. The number of imidazole rings is 1. The van der Waals surface area contributed by atoms with Crippen molar-refractivity contribution in [2.75, 3.05) is 26.2 Å². The molecule has 1 N–H and O–H groups in total. The molecular weight excluding hydrogens is 668 g/mol. The number of nitrogens with zero attached hydrogens (tertiary/aromatic N) is 6. The molecule has 3 unspecified atom stereocenters. The number of para-hydroxylation sites is 1. The van der Waals surface area contributed by atoms with Gasteiger partial charge in [-0.15, -0.1) is 0 Å². The second kappa shape index (κ2) is 14.1. The minimum absolute atomic E-state index is 0.0348. The van der Waals surface area contributed by atoms with E-state index in [1.54, 1.807) is 41.1 Å². The molecule has 13 heteroatoms. The molecule has 8 rings (SSSR count). The van der Waals surface area contributed by atoms with Crippen molar-refractivity contribution in [3.63, 3.8) is 0 Å². The van der Waals surface area contributed by atoms with Gasteiger partial charge in [-0.2, -0.15) is 0 Å². The SMILES string of the molecule is O=C(NC1CCC(n2c(=O)c3cc(F)cnc3n(-c3cccc(-c4ccccc4)c3OCCN3CCCC3)c2=O)CC1F)c1cn2ccccc2n1. The van der Waals surface area contributed by atoms with Crippen LogP contribution in [0.1, 0.15) is 48.6 Å². The molecule has 4 aromatic heterocycles. The number of benzene rings is 2. The highest BCUT2D eigenvalue weighted by molar-refractivity contribution is 5.93. The van der Waals surface area contributed by atoms with Crippen LogP contribution in [0.4, 0.5) is 8.78 Å². The van der Waals surface area contributed by atoms with Crippen LogP contribution >= 0.6 is 0 Å². The highest BCUT2D eigenvalue weighted by Crippen LogP contribution is 2.36. The summed E-state index contributed by atoms with van der Waals surface area (Å²) in [5, 5.41) is 2.63. The predicted octanol–water partition coefficient (Wildman–Crippen LogP) is 5.34. The lowest BCUT2D eigenvalue weighted by atomic mass is 9.89. The summed E-state index contributed by atoms with van der Waals surface area (Å²) in [6, 6.07) is 19.7. The lowest BCUT2D eigenvalue weighted by molar-refractivity contribution is 0.0850. The van der Waals surface area contributed by atoms with Crippen molar-refractivity contribution in [1.29, 1.82) is 0 Å². The smallest absolute Gasteiger partial charge is 0.337 e. The number of halogens is 2. The fraction of sp³-hybridized carbons (Fsp3) is 0.308. The number of carbonyl (C=O) groups excluding carboxylic acids is 1. The summed E-state index contributed by atoms with van der Waals surface area (Å²) in [4.78, 5) is 52.6. The van der Waals surface area contributed by atoms with E-state index in [1.807, 2.05) is 42.5 Å². The van der Waals surface area contributed by atoms with Crippen molar-refractivity contribution in [2.24, 2.45) is 0 Å². The number of amides is 1. The standard InChI is InChI=1S/C39H37F2N7O4/c40-26-21-29-36(42-23-26)48(33-12-8-11-28(25-9-2-1-3-10-25)35(33)52-20-19-45-16-6-7-17-45)39(51)47(38(29)50)27-14-15-31(30(41)22-27)44-37(49)32-24-46-18-5-4-13-34(46)43-32/h1-5,8-13,18,21,23-24,27,30-31H,6-7,14-17,19-20,22H2,(H,44,49). The zero-order valence-electron chi connectivity index (χ0n) is 28.3. The third-order valence-corrected chi connectivity index (χ3v) is 10.1. The Morgan fingerprint density at radius 1 is 0.981 bits per heavy atom. The van der Waals surface area contributed by atoms with E-state index >= 15 is 4.39 Å². The van der Waals surface area contributed by atoms with E-state index in [0.29, 0.717) is 30.2 Å². The summed E-state index contributed by atoms with van der Waals surface area (Å²) in [5.74, 6) is -0.852. The van der Waals surface area contributed by atoms with Gasteiger partial charge in [-0.1, -0.05) is 48.5 Å². The number of fused-ring (bicyclic) bond motifs is 2. The Morgan fingerprint density at radius 3 is 2.58 bits per heavy atom. The van der Waals surface area contributed by atoms with Crippen molar-refractivity contribution in [1.82, 2.24) is 33.7 Å². The first-order chi connectivity index (χ1) is 25.4. The highest BCUT2D eigenvalue weighted by Gasteiger charge is 2.35. The molecule has 2 aliphatic rings. The lowest BCUT2D eigenvalue weighted by Gasteiger charge is -2.33. The molecule has 2 aromatic carbocycles. The maximum absolute atomic E-state index is 15.9. The van der Waals surface area contributed by atoms with Crippen LogP contribution in [0.3, 0.4) is 0 Å². The quantitative estimate of drug-likeness (QED) is 0.216. The Morgan fingerprint density at radius 2 is 1.79 bits per heavy atom. The molecule has 0 bridgehead atoms. The van der Waals surface area contributed by atoms with Crippen LogP contribution in [-0.4, -0.2) is 72.8 Å². The second-order valence-electron chi connectivity index (χ2n) is 13.4. The topological polar surface area (TPSA) is 116 Å². The Labute approximate surface area is 297 Å². The van der Waals surface area contributed by atoms with Crippen molar-refractivity contribution in [2.45, 2.75) is 50.4 Å². The molecule has 266 valence electrons. The van der Waals surface area contributed by atoms with Crippen LogP contribution in [0, 0.1) is 5.82 Å². The minimum Gasteiger partial charge on any atom is -0.489 e. The minimum atomic E-state index is -1.58. The number of hydrogen-bond donors (Lipinski definition) is 1. The van der Waals surface area contributed by atoms with Gasteiger partial charge < -0.3 is 14.5 Å². The fourth-order valence-electron chi connectivity index (χ4n) is 7.48. The maximum Gasteiger partial charge on any atom is 0.337 e. The number of pyridine rings is 2. The van der Waals surface area contributed by atoms with Gasteiger partial charge >= 0.3 is 5.69 Å². The van der Waals surface area contributed by atoms with Crippen molar-refractivity contribution in [3.8, 4) is 22.6 Å². The van der Waals surface area contributed by atoms with E-state index in [1.165, 1.54) is 4.57 Å². The molecule has 1 aliphatic carbocycles. The van der Waals surface area contributed by atoms with Crippen LogP contribution in [0.25, 0.3) is 33.5 Å². The monoisotopic (exact) mass is 705 g/mol. The average Bonchev–Trinajstić information content (AvgIpc) is 3.84. The lowest BCUT2D eigenvalue weighted by Crippen LogP contribution is -2.49. The summed E-state index contributed by atoms with van der Waals surface area (Å²) in [7, 11) is 0. The number of alkyl halides is 1. The Balaban J connectivity index is 1.16. The van der Waals surface area contributed by atoms with Crippen LogP contribution in [0.5, 0.6) is 5.75 Å². The molecule has 1 saturated heterocycles. The largest absolute Gasteiger partial charge is 0.489 e. The number of ether oxygens (including phenoxy) is 1. The molecule has 1 saturated carbocycles. The summed E-state index contributed by atoms with van der Waals surface area (Å²) in [6.07, 6.45) is 5.14.